The van der Waals surface area contributed by atoms with Crippen LogP contribution in [0.25, 0.3) is 0 Å². The molecule has 1 aliphatic heterocycles. The molecule has 122 valence electrons. The van der Waals surface area contributed by atoms with E-state index in [4.69, 9.17) is 9.26 Å². The number of carbonyl (C=O) groups is 1. The summed E-state index contributed by atoms with van der Waals surface area (Å²) in [4.78, 5) is 18.9. The molecule has 1 saturated heterocycles. The van der Waals surface area contributed by atoms with E-state index in [0.29, 0.717) is 18.0 Å². The van der Waals surface area contributed by atoms with Crippen LogP contribution in [-0.2, 0) is 6.42 Å². The lowest BCUT2D eigenvalue weighted by atomic mass is 9.97. The summed E-state index contributed by atoms with van der Waals surface area (Å²) in [5.74, 6) is 2.27. The standard InChI is InChI=1S/C17H21N3O3/c1-3-15-18-16(23-19-15)13-5-4-10-20(11-13)17(21)12-6-8-14(22-2)9-7-12/h6-9,13H,3-5,10-11H2,1-2H3. The zero-order chi connectivity index (χ0) is 16.2. The zero-order valence-corrected chi connectivity index (χ0v) is 13.5. The number of nitrogens with zero attached hydrogens (tertiary/aromatic N) is 3. The van der Waals surface area contributed by atoms with E-state index in [-0.39, 0.29) is 11.8 Å². The summed E-state index contributed by atoms with van der Waals surface area (Å²) in [5.41, 5.74) is 0.672. The third-order valence-electron chi connectivity index (χ3n) is 4.19. The van der Waals surface area contributed by atoms with Crippen molar-refractivity contribution in [2.24, 2.45) is 0 Å². The highest BCUT2D eigenvalue weighted by Gasteiger charge is 2.28. The molecule has 1 fully saturated rings. The first kappa shape index (κ1) is 15.5. The highest BCUT2D eigenvalue weighted by atomic mass is 16.5. The summed E-state index contributed by atoms with van der Waals surface area (Å²) in [5, 5.41) is 3.95. The fraction of sp³-hybridized carbons (Fsp3) is 0.471. The first-order valence-corrected chi connectivity index (χ1v) is 7.97. The van der Waals surface area contributed by atoms with Crippen LogP contribution in [-0.4, -0.2) is 41.1 Å². The Morgan fingerprint density at radius 3 is 2.83 bits per heavy atom. The Balaban J connectivity index is 1.70. The molecular formula is C17H21N3O3. The van der Waals surface area contributed by atoms with E-state index in [9.17, 15) is 4.79 Å². The van der Waals surface area contributed by atoms with Crippen LogP contribution in [0, 0.1) is 0 Å². The van der Waals surface area contributed by atoms with Gasteiger partial charge in [-0.1, -0.05) is 12.1 Å². The minimum Gasteiger partial charge on any atom is -0.497 e. The van der Waals surface area contributed by atoms with Crippen LogP contribution < -0.4 is 4.74 Å². The number of amides is 1. The zero-order valence-electron chi connectivity index (χ0n) is 13.5. The molecule has 2 aromatic rings. The number of carbonyl (C=O) groups excluding carboxylic acids is 1. The molecule has 3 rings (SSSR count). The maximum atomic E-state index is 12.7. The molecule has 0 saturated carbocycles. The van der Waals surface area contributed by atoms with Crippen LogP contribution in [0.1, 0.15) is 47.8 Å². The van der Waals surface area contributed by atoms with Gasteiger partial charge in [-0.2, -0.15) is 4.98 Å². The van der Waals surface area contributed by atoms with Gasteiger partial charge in [0.25, 0.3) is 5.91 Å². The van der Waals surface area contributed by atoms with Gasteiger partial charge in [-0.3, -0.25) is 4.79 Å². The van der Waals surface area contributed by atoms with Gasteiger partial charge in [-0.25, -0.2) is 0 Å². The topological polar surface area (TPSA) is 68.5 Å². The maximum absolute atomic E-state index is 12.7. The third kappa shape index (κ3) is 3.36. The molecule has 1 aromatic carbocycles. The second-order valence-corrected chi connectivity index (χ2v) is 5.72. The van der Waals surface area contributed by atoms with Crippen molar-refractivity contribution in [2.75, 3.05) is 20.2 Å². The lowest BCUT2D eigenvalue weighted by molar-refractivity contribution is 0.0695. The Bertz CT molecular complexity index is 666. The quantitative estimate of drug-likeness (QED) is 0.867. The van der Waals surface area contributed by atoms with Gasteiger partial charge >= 0.3 is 0 Å². The Kier molecular flexibility index (Phi) is 4.60. The fourth-order valence-electron chi connectivity index (χ4n) is 2.86. The van der Waals surface area contributed by atoms with Crippen molar-refractivity contribution in [3.63, 3.8) is 0 Å². The van der Waals surface area contributed by atoms with E-state index in [1.54, 1.807) is 31.4 Å². The van der Waals surface area contributed by atoms with Gasteiger partial charge in [0.05, 0.1) is 13.0 Å². The van der Waals surface area contributed by atoms with E-state index in [1.807, 2.05) is 11.8 Å². The first-order chi connectivity index (χ1) is 11.2. The molecule has 0 spiro atoms. The van der Waals surface area contributed by atoms with Crippen molar-refractivity contribution in [2.45, 2.75) is 32.1 Å². The molecule has 0 bridgehead atoms. The van der Waals surface area contributed by atoms with E-state index in [2.05, 4.69) is 10.1 Å². The number of methoxy groups -OCH3 is 1. The highest BCUT2D eigenvalue weighted by molar-refractivity contribution is 5.94. The molecule has 2 heterocycles. The van der Waals surface area contributed by atoms with Gasteiger partial charge in [-0.15, -0.1) is 0 Å². The molecule has 1 unspecified atom stereocenters. The highest BCUT2D eigenvalue weighted by Crippen LogP contribution is 2.27. The van der Waals surface area contributed by atoms with Crippen LogP contribution >= 0.6 is 0 Å². The van der Waals surface area contributed by atoms with E-state index in [0.717, 1.165) is 37.4 Å². The number of likely N-dealkylation sites (tertiary alicyclic amines) is 1. The van der Waals surface area contributed by atoms with Crippen molar-refractivity contribution in [1.29, 1.82) is 0 Å². The summed E-state index contributed by atoms with van der Waals surface area (Å²) >= 11 is 0. The number of benzene rings is 1. The lowest BCUT2D eigenvalue weighted by Crippen LogP contribution is -2.39. The van der Waals surface area contributed by atoms with Crippen LogP contribution in [0.15, 0.2) is 28.8 Å². The molecule has 0 N–H and O–H groups in total. The summed E-state index contributed by atoms with van der Waals surface area (Å²) in [6.07, 6.45) is 2.67. The van der Waals surface area contributed by atoms with E-state index >= 15 is 0 Å². The number of aromatic nitrogens is 2. The molecule has 0 aliphatic carbocycles. The average molecular weight is 315 g/mol. The number of hydrogen-bond acceptors (Lipinski definition) is 5. The van der Waals surface area contributed by atoms with E-state index < -0.39 is 0 Å². The maximum Gasteiger partial charge on any atom is 0.253 e. The smallest absolute Gasteiger partial charge is 0.253 e. The molecule has 1 aromatic heterocycles. The number of ether oxygens (including phenoxy) is 1. The van der Waals surface area contributed by atoms with E-state index in [1.165, 1.54) is 0 Å². The van der Waals surface area contributed by atoms with Gasteiger partial charge in [0.1, 0.15) is 5.75 Å². The SMILES string of the molecule is CCc1noc(C2CCCN(C(=O)c3ccc(OC)cc3)C2)n1. The predicted molar refractivity (Wildman–Crippen MR) is 84.5 cm³/mol. The summed E-state index contributed by atoms with van der Waals surface area (Å²) in [6.45, 7) is 3.38. The second kappa shape index (κ2) is 6.81. The van der Waals surface area contributed by atoms with Gasteiger partial charge in [0.2, 0.25) is 5.89 Å². The van der Waals surface area contributed by atoms with Gasteiger partial charge in [0, 0.05) is 25.1 Å². The minimum atomic E-state index is 0.0348. The van der Waals surface area contributed by atoms with Crippen LogP contribution in [0.3, 0.4) is 0 Å². The molecule has 1 amide bonds. The number of aryl methyl sites for hydroxylation is 1. The molecule has 0 radical (unpaired) electrons. The van der Waals surface area contributed by atoms with Crippen LogP contribution in [0.5, 0.6) is 5.75 Å². The van der Waals surface area contributed by atoms with Crippen LogP contribution in [0.4, 0.5) is 0 Å². The summed E-state index contributed by atoms with van der Waals surface area (Å²) < 4.78 is 10.5. The first-order valence-electron chi connectivity index (χ1n) is 7.97. The molecule has 1 atom stereocenters. The third-order valence-corrected chi connectivity index (χ3v) is 4.19. The molecule has 6 heteroatoms. The monoisotopic (exact) mass is 315 g/mol. The van der Waals surface area contributed by atoms with Crippen molar-refractivity contribution in [3.8, 4) is 5.75 Å². The van der Waals surface area contributed by atoms with Crippen molar-refractivity contribution in [1.82, 2.24) is 15.0 Å². The molecule has 6 nitrogen and oxygen atoms in total. The predicted octanol–water partition coefficient (Wildman–Crippen LogP) is 2.66. The Labute approximate surface area is 135 Å². The molecular weight excluding hydrogens is 294 g/mol. The summed E-state index contributed by atoms with van der Waals surface area (Å²) in [7, 11) is 1.61. The fourth-order valence-corrected chi connectivity index (χ4v) is 2.86. The number of hydrogen-bond donors (Lipinski definition) is 0. The lowest BCUT2D eigenvalue weighted by Gasteiger charge is -2.31. The number of piperidine rings is 1. The summed E-state index contributed by atoms with van der Waals surface area (Å²) in [6, 6.07) is 7.21. The van der Waals surface area contributed by atoms with Crippen molar-refractivity contribution in [3.05, 3.63) is 41.5 Å². The molecule has 1 aliphatic rings. The van der Waals surface area contributed by atoms with Gasteiger partial charge < -0.3 is 14.2 Å². The van der Waals surface area contributed by atoms with Crippen molar-refractivity contribution < 1.29 is 14.1 Å². The number of rotatable bonds is 4. The Morgan fingerprint density at radius 2 is 2.17 bits per heavy atom. The second-order valence-electron chi connectivity index (χ2n) is 5.72. The normalized spacial score (nSPS) is 18.0. The average Bonchev–Trinajstić information content (AvgIpc) is 3.10. The minimum absolute atomic E-state index is 0.0348. The Morgan fingerprint density at radius 1 is 1.39 bits per heavy atom. The van der Waals surface area contributed by atoms with Crippen LogP contribution in [0.2, 0.25) is 0 Å². The van der Waals surface area contributed by atoms with Gasteiger partial charge in [-0.05, 0) is 37.1 Å². The molecule has 23 heavy (non-hydrogen) atoms. The van der Waals surface area contributed by atoms with Gasteiger partial charge in [0.15, 0.2) is 5.82 Å². The van der Waals surface area contributed by atoms with Crippen molar-refractivity contribution >= 4 is 5.91 Å². The largest absolute Gasteiger partial charge is 0.497 e. The Hall–Kier alpha value is -2.37.